The second kappa shape index (κ2) is 7.71. The highest BCUT2D eigenvalue weighted by atomic mass is 16.2. The predicted octanol–water partition coefficient (Wildman–Crippen LogP) is 1.66. The molecule has 0 bridgehead atoms. The molecule has 2 aliphatic heterocycles. The van der Waals surface area contributed by atoms with Crippen molar-refractivity contribution in [2.45, 2.75) is 44.9 Å². The average Bonchev–Trinajstić information content (AvgIpc) is 3.38. The molecule has 0 aromatic heterocycles. The molecule has 2 fully saturated rings. The second-order valence-electron chi connectivity index (χ2n) is 7.84. The number of nitrogens with one attached hydrogen (secondary N) is 1. The van der Waals surface area contributed by atoms with Crippen LogP contribution in [-0.4, -0.2) is 48.8 Å². The van der Waals surface area contributed by atoms with Gasteiger partial charge in [-0.25, -0.2) is 0 Å². The van der Waals surface area contributed by atoms with E-state index in [0.717, 1.165) is 37.9 Å². The van der Waals surface area contributed by atoms with Gasteiger partial charge in [0.15, 0.2) is 0 Å². The van der Waals surface area contributed by atoms with Gasteiger partial charge in [0.1, 0.15) is 0 Å². The van der Waals surface area contributed by atoms with Crippen LogP contribution in [0.5, 0.6) is 0 Å². The molecule has 1 aromatic rings. The number of hydrogen-bond donors (Lipinski definition) is 1. The molecule has 6 heteroatoms. The molecule has 0 saturated carbocycles. The Morgan fingerprint density at radius 1 is 1.07 bits per heavy atom. The number of hydrogen-bond acceptors (Lipinski definition) is 3. The van der Waals surface area contributed by atoms with Crippen molar-refractivity contribution in [2.75, 3.05) is 31.1 Å². The molecule has 2 saturated heterocycles. The Morgan fingerprint density at radius 2 is 1.93 bits per heavy atom. The minimum absolute atomic E-state index is 0.0239. The maximum absolute atomic E-state index is 12.4. The first-order chi connectivity index (χ1) is 13.1. The first kappa shape index (κ1) is 18.0. The summed E-state index contributed by atoms with van der Waals surface area (Å²) in [6, 6.07) is 6.25. The van der Waals surface area contributed by atoms with E-state index in [4.69, 9.17) is 0 Å². The lowest BCUT2D eigenvalue weighted by Crippen LogP contribution is -2.35. The highest BCUT2D eigenvalue weighted by Gasteiger charge is 2.35. The third-order valence-corrected chi connectivity index (χ3v) is 5.96. The number of carbonyl (C=O) groups excluding carboxylic acids is 3. The van der Waals surface area contributed by atoms with E-state index in [1.54, 1.807) is 4.90 Å². The summed E-state index contributed by atoms with van der Waals surface area (Å²) >= 11 is 0. The minimum Gasteiger partial charge on any atom is -0.356 e. The summed E-state index contributed by atoms with van der Waals surface area (Å²) in [5, 5.41) is 2.94. The Hall–Kier alpha value is -2.37. The number of aryl methyl sites for hydroxylation is 2. The van der Waals surface area contributed by atoms with Gasteiger partial charge in [-0.2, -0.15) is 0 Å². The molecule has 3 amide bonds. The van der Waals surface area contributed by atoms with Crippen LogP contribution in [-0.2, 0) is 27.2 Å². The van der Waals surface area contributed by atoms with Crippen molar-refractivity contribution in [3.8, 4) is 0 Å². The van der Waals surface area contributed by atoms with Gasteiger partial charge >= 0.3 is 0 Å². The van der Waals surface area contributed by atoms with Crippen molar-refractivity contribution in [2.24, 2.45) is 5.92 Å². The average molecular weight is 369 g/mol. The van der Waals surface area contributed by atoms with E-state index in [-0.39, 0.29) is 30.1 Å². The number of fused-ring (bicyclic) bond motifs is 1. The third kappa shape index (κ3) is 3.84. The maximum atomic E-state index is 12.4. The number of rotatable bonds is 6. The van der Waals surface area contributed by atoms with Gasteiger partial charge in [-0.3, -0.25) is 14.4 Å². The lowest BCUT2D eigenvalue weighted by atomic mass is 10.1. The van der Waals surface area contributed by atoms with Crippen molar-refractivity contribution in [1.29, 1.82) is 0 Å². The molecule has 2 heterocycles. The summed E-state index contributed by atoms with van der Waals surface area (Å²) in [6.07, 6.45) is 6.00. The zero-order chi connectivity index (χ0) is 18.8. The topological polar surface area (TPSA) is 69.7 Å². The maximum Gasteiger partial charge on any atom is 0.227 e. The normalized spacial score (nSPS) is 21.9. The van der Waals surface area contributed by atoms with Crippen molar-refractivity contribution in [3.63, 3.8) is 0 Å². The zero-order valence-corrected chi connectivity index (χ0v) is 15.7. The Kier molecular flexibility index (Phi) is 5.14. The van der Waals surface area contributed by atoms with Gasteiger partial charge < -0.3 is 15.1 Å². The van der Waals surface area contributed by atoms with E-state index in [9.17, 15) is 14.4 Å². The molecular weight excluding hydrogens is 342 g/mol. The van der Waals surface area contributed by atoms with Crippen molar-refractivity contribution >= 4 is 23.4 Å². The largest absolute Gasteiger partial charge is 0.356 e. The second-order valence-corrected chi connectivity index (χ2v) is 7.84. The van der Waals surface area contributed by atoms with Crippen LogP contribution < -0.4 is 10.2 Å². The van der Waals surface area contributed by atoms with Crippen LogP contribution in [0.2, 0.25) is 0 Å². The molecule has 1 N–H and O–H groups in total. The minimum atomic E-state index is -0.292. The fraction of sp³-hybridized carbons (Fsp3) is 0.571. The molecule has 1 aliphatic carbocycles. The third-order valence-electron chi connectivity index (χ3n) is 5.96. The first-order valence-electron chi connectivity index (χ1n) is 10.1. The Balaban J connectivity index is 1.27. The van der Waals surface area contributed by atoms with E-state index in [1.807, 2.05) is 11.0 Å². The zero-order valence-electron chi connectivity index (χ0n) is 15.7. The molecule has 0 radical (unpaired) electrons. The van der Waals surface area contributed by atoms with Gasteiger partial charge in [0.05, 0.1) is 5.92 Å². The fourth-order valence-electron chi connectivity index (χ4n) is 4.43. The standard InChI is InChI=1S/C21H27N3O3/c25-19-6-2-10-23(19)11-3-9-22-21(27)17-13-20(26)24(14-17)18-8-7-15-4-1-5-16(15)12-18/h7-8,12,17H,1-6,9-11,13-14H2,(H,22,27). The molecule has 144 valence electrons. The lowest BCUT2D eigenvalue weighted by molar-refractivity contribution is -0.127. The van der Waals surface area contributed by atoms with Crippen molar-refractivity contribution in [3.05, 3.63) is 29.3 Å². The highest BCUT2D eigenvalue weighted by Crippen LogP contribution is 2.30. The summed E-state index contributed by atoms with van der Waals surface area (Å²) < 4.78 is 0. The summed E-state index contributed by atoms with van der Waals surface area (Å²) in [4.78, 5) is 40.1. The monoisotopic (exact) mass is 369 g/mol. The quantitative estimate of drug-likeness (QED) is 0.776. The van der Waals surface area contributed by atoms with Crippen LogP contribution in [0.4, 0.5) is 5.69 Å². The van der Waals surface area contributed by atoms with Crippen LogP contribution in [0.25, 0.3) is 0 Å². The van der Waals surface area contributed by atoms with Crippen molar-refractivity contribution in [1.82, 2.24) is 10.2 Å². The lowest BCUT2D eigenvalue weighted by Gasteiger charge is -2.18. The van der Waals surface area contributed by atoms with Crippen LogP contribution in [0, 0.1) is 5.92 Å². The smallest absolute Gasteiger partial charge is 0.227 e. The Morgan fingerprint density at radius 3 is 2.74 bits per heavy atom. The molecule has 6 nitrogen and oxygen atoms in total. The molecule has 1 aromatic carbocycles. The number of benzene rings is 1. The summed E-state index contributed by atoms with van der Waals surface area (Å²) in [7, 11) is 0. The molecule has 1 atom stereocenters. The molecule has 3 aliphatic rings. The fourth-order valence-corrected chi connectivity index (χ4v) is 4.43. The Labute approximate surface area is 159 Å². The summed E-state index contributed by atoms with van der Waals surface area (Å²) in [6.45, 7) is 2.53. The van der Waals surface area contributed by atoms with E-state index >= 15 is 0 Å². The number of likely N-dealkylation sites (tertiary alicyclic amines) is 1. The van der Waals surface area contributed by atoms with Crippen LogP contribution in [0.1, 0.15) is 43.2 Å². The number of amides is 3. The first-order valence-corrected chi connectivity index (χ1v) is 10.1. The summed E-state index contributed by atoms with van der Waals surface area (Å²) in [5.41, 5.74) is 3.64. The van der Waals surface area contributed by atoms with E-state index in [0.29, 0.717) is 26.1 Å². The predicted molar refractivity (Wildman–Crippen MR) is 102 cm³/mol. The number of anilines is 1. The number of nitrogens with zero attached hydrogens (tertiary/aromatic N) is 2. The van der Waals surface area contributed by atoms with Gasteiger partial charge in [0.2, 0.25) is 17.7 Å². The molecule has 0 spiro atoms. The van der Waals surface area contributed by atoms with Gasteiger partial charge in [-0.15, -0.1) is 0 Å². The van der Waals surface area contributed by atoms with Crippen LogP contribution in [0.3, 0.4) is 0 Å². The van der Waals surface area contributed by atoms with E-state index < -0.39 is 0 Å². The van der Waals surface area contributed by atoms with Crippen LogP contribution >= 0.6 is 0 Å². The molecule has 4 rings (SSSR count). The van der Waals surface area contributed by atoms with Crippen LogP contribution in [0.15, 0.2) is 18.2 Å². The van der Waals surface area contributed by atoms with E-state index in [2.05, 4.69) is 17.4 Å². The van der Waals surface area contributed by atoms with Gasteiger partial charge in [0, 0.05) is 44.7 Å². The SMILES string of the molecule is O=C(NCCCN1CCCC1=O)C1CC(=O)N(c2ccc3c(c2)CCC3)C1. The van der Waals surface area contributed by atoms with Gasteiger partial charge in [-0.05, 0) is 55.4 Å². The molecular formula is C21H27N3O3. The number of carbonyl (C=O) groups is 3. The van der Waals surface area contributed by atoms with Crippen molar-refractivity contribution < 1.29 is 14.4 Å². The summed E-state index contributed by atoms with van der Waals surface area (Å²) in [5.74, 6) is -0.109. The van der Waals surface area contributed by atoms with E-state index in [1.165, 1.54) is 17.5 Å². The Bertz CT molecular complexity index is 761. The molecule has 27 heavy (non-hydrogen) atoms. The molecule has 1 unspecified atom stereocenters. The van der Waals surface area contributed by atoms with Gasteiger partial charge in [-0.1, -0.05) is 6.07 Å². The van der Waals surface area contributed by atoms with Gasteiger partial charge in [0.25, 0.3) is 0 Å². The highest BCUT2D eigenvalue weighted by molar-refractivity contribution is 6.00.